The Morgan fingerprint density at radius 3 is 2.78 bits per heavy atom. The molecule has 0 radical (unpaired) electrons. The molecule has 0 saturated carbocycles. The third-order valence-corrected chi connectivity index (χ3v) is 4.66. The molecule has 0 spiro atoms. The number of carbonyl (C=O) groups is 2. The summed E-state index contributed by atoms with van der Waals surface area (Å²) in [6, 6.07) is 11.3. The molecule has 1 heterocycles. The summed E-state index contributed by atoms with van der Waals surface area (Å²) < 4.78 is 13.6. The second kappa shape index (κ2) is 7.72. The second-order valence-corrected chi connectivity index (χ2v) is 6.68. The Labute approximate surface area is 156 Å². The number of anilines is 1. The highest BCUT2D eigenvalue weighted by molar-refractivity contribution is 6.06. The van der Waals surface area contributed by atoms with Gasteiger partial charge in [-0.25, -0.2) is 4.39 Å². The Hall–Kier alpha value is -2.99. The second-order valence-electron chi connectivity index (χ2n) is 6.68. The Balaban J connectivity index is 1.90. The van der Waals surface area contributed by atoms with E-state index in [4.69, 9.17) is 0 Å². The predicted molar refractivity (Wildman–Crippen MR) is 100 cm³/mol. The van der Waals surface area contributed by atoms with Crippen molar-refractivity contribution in [3.8, 4) is 0 Å². The largest absolute Gasteiger partial charge is 0.389 e. The average Bonchev–Trinajstić information content (AvgIpc) is 2.63. The van der Waals surface area contributed by atoms with Crippen molar-refractivity contribution in [2.24, 2.45) is 0 Å². The van der Waals surface area contributed by atoms with E-state index in [1.807, 2.05) is 13.0 Å². The lowest BCUT2D eigenvalue weighted by atomic mass is 9.86. The van der Waals surface area contributed by atoms with Crippen LogP contribution in [0.5, 0.6) is 0 Å². The number of rotatable bonds is 4. The molecular formula is C21H21FN2O3. The molecule has 1 aliphatic heterocycles. The molecule has 3 N–H and O–H groups in total. The molecule has 1 unspecified atom stereocenters. The lowest BCUT2D eigenvalue weighted by Gasteiger charge is -2.24. The van der Waals surface area contributed by atoms with Gasteiger partial charge in [0.2, 0.25) is 5.91 Å². The molecule has 5 nitrogen and oxygen atoms in total. The number of nitrogens with one attached hydrogen (secondary N) is 2. The van der Waals surface area contributed by atoms with Crippen molar-refractivity contribution in [1.82, 2.24) is 5.32 Å². The Bertz CT molecular complexity index is 921. The van der Waals surface area contributed by atoms with Crippen LogP contribution in [-0.2, 0) is 9.59 Å². The molecule has 2 aromatic carbocycles. The minimum atomic E-state index is -0.658. The first-order valence-corrected chi connectivity index (χ1v) is 8.70. The molecule has 27 heavy (non-hydrogen) atoms. The highest BCUT2D eigenvalue weighted by Crippen LogP contribution is 2.32. The van der Waals surface area contributed by atoms with Crippen molar-refractivity contribution >= 4 is 17.5 Å². The van der Waals surface area contributed by atoms with Gasteiger partial charge in [-0.1, -0.05) is 24.3 Å². The van der Waals surface area contributed by atoms with E-state index >= 15 is 0 Å². The van der Waals surface area contributed by atoms with Crippen LogP contribution in [0.15, 0.2) is 54.2 Å². The molecule has 2 atom stereocenters. The van der Waals surface area contributed by atoms with Crippen LogP contribution in [0.1, 0.15) is 42.1 Å². The van der Waals surface area contributed by atoms with Crippen LogP contribution in [0.3, 0.4) is 0 Å². The molecule has 3 rings (SSSR count). The van der Waals surface area contributed by atoms with Gasteiger partial charge in [0.05, 0.1) is 6.10 Å². The van der Waals surface area contributed by atoms with E-state index in [1.54, 1.807) is 31.2 Å². The number of halogens is 1. The zero-order chi connectivity index (χ0) is 19.6. The van der Waals surface area contributed by atoms with Crippen molar-refractivity contribution < 1.29 is 19.1 Å². The molecule has 0 aliphatic carbocycles. The van der Waals surface area contributed by atoms with E-state index < -0.39 is 17.8 Å². The third-order valence-electron chi connectivity index (χ3n) is 4.66. The molecule has 0 saturated heterocycles. The van der Waals surface area contributed by atoms with Crippen LogP contribution in [0, 0.1) is 12.7 Å². The monoisotopic (exact) mass is 368 g/mol. The van der Waals surface area contributed by atoms with Gasteiger partial charge >= 0.3 is 0 Å². The van der Waals surface area contributed by atoms with E-state index in [-0.39, 0.29) is 18.2 Å². The first-order valence-electron chi connectivity index (χ1n) is 8.70. The quantitative estimate of drug-likeness (QED) is 0.775. The van der Waals surface area contributed by atoms with Crippen molar-refractivity contribution in [2.75, 3.05) is 5.32 Å². The van der Waals surface area contributed by atoms with Crippen molar-refractivity contribution in [1.29, 1.82) is 0 Å². The molecule has 0 bridgehead atoms. The van der Waals surface area contributed by atoms with Gasteiger partial charge in [-0.2, -0.15) is 0 Å². The highest BCUT2D eigenvalue weighted by Gasteiger charge is 2.29. The van der Waals surface area contributed by atoms with Crippen LogP contribution in [0.25, 0.3) is 0 Å². The standard InChI is InChI=1S/C21H21FN2O3/c1-12-6-7-14(13(2)25)9-19(12)24-21(27)18-11-23-20(26)10-17(18)15-4-3-5-16(22)8-15/h3-9,11,13,17,25H,10H2,1-2H3,(H,23,26)(H,24,27)/t13?,17-/m0/s1. The summed E-state index contributed by atoms with van der Waals surface area (Å²) in [5, 5.41) is 15.2. The van der Waals surface area contributed by atoms with Gasteiger partial charge in [0.25, 0.3) is 5.91 Å². The van der Waals surface area contributed by atoms with Gasteiger partial charge in [-0.05, 0) is 48.7 Å². The average molecular weight is 368 g/mol. The summed E-state index contributed by atoms with van der Waals surface area (Å²) in [4.78, 5) is 24.7. The maximum atomic E-state index is 13.6. The van der Waals surface area contributed by atoms with Crippen LogP contribution in [0.2, 0.25) is 0 Å². The summed E-state index contributed by atoms with van der Waals surface area (Å²) in [6.07, 6.45) is 0.787. The number of aryl methyl sites for hydroxylation is 1. The fourth-order valence-electron chi connectivity index (χ4n) is 3.09. The van der Waals surface area contributed by atoms with E-state index in [1.165, 1.54) is 18.3 Å². The lowest BCUT2D eigenvalue weighted by Crippen LogP contribution is -2.32. The first kappa shape index (κ1) is 18.8. The number of aliphatic hydroxyl groups excluding tert-OH is 1. The van der Waals surface area contributed by atoms with E-state index in [0.29, 0.717) is 22.4 Å². The molecule has 2 amide bonds. The summed E-state index contributed by atoms with van der Waals surface area (Å²) in [5.41, 5.74) is 3.02. The fourth-order valence-corrected chi connectivity index (χ4v) is 3.09. The van der Waals surface area contributed by atoms with Crippen molar-refractivity contribution in [2.45, 2.75) is 32.3 Å². The summed E-state index contributed by atoms with van der Waals surface area (Å²) in [5.74, 6) is -1.56. The number of benzene rings is 2. The van der Waals surface area contributed by atoms with Crippen molar-refractivity contribution in [3.05, 3.63) is 76.7 Å². The number of hydrogen-bond acceptors (Lipinski definition) is 3. The van der Waals surface area contributed by atoms with E-state index in [9.17, 15) is 19.1 Å². The Kier molecular flexibility index (Phi) is 5.37. The third kappa shape index (κ3) is 4.23. The molecule has 140 valence electrons. The van der Waals surface area contributed by atoms with E-state index in [0.717, 1.165) is 5.56 Å². The van der Waals surface area contributed by atoms with Crippen molar-refractivity contribution in [3.63, 3.8) is 0 Å². The maximum Gasteiger partial charge on any atom is 0.253 e. The summed E-state index contributed by atoms with van der Waals surface area (Å²) in [7, 11) is 0. The number of aliphatic hydroxyl groups is 1. The summed E-state index contributed by atoms with van der Waals surface area (Å²) >= 11 is 0. The molecular weight excluding hydrogens is 347 g/mol. The van der Waals surface area contributed by atoms with Gasteiger partial charge in [0, 0.05) is 29.8 Å². The molecule has 2 aromatic rings. The number of carbonyl (C=O) groups excluding carboxylic acids is 2. The minimum absolute atomic E-state index is 0.0649. The van der Waals surface area contributed by atoms with Gasteiger partial charge < -0.3 is 15.7 Å². The Morgan fingerprint density at radius 1 is 1.30 bits per heavy atom. The van der Waals surface area contributed by atoms with E-state index in [2.05, 4.69) is 10.6 Å². The van der Waals surface area contributed by atoms with Gasteiger partial charge in [0.1, 0.15) is 5.82 Å². The van der Waals surface area contributed by atoms with Crippen LogP contribution in [-0.4, -0.2) is 16.9 Å². The summed E-state index contributed by atoms with van der Waals surface area (Å²) in [6.45, 7) is 3.50. The molecule has 0 aromatic heterocycles. The molecule has 6 heteroatoms. The van der Waals surface area contributed by atoms with Crippen LogP contribution in [0.4, 0.5) is 10.1 Å². The molecule has 1 aliphatic rings. The topological polar surface area (TPSA) is 78.4 Å². The molecule has 0 fully saturated rings. The number of hydrogen-bond donors (Lipinski definition) is 3. The smallest absolute Gasteiger partial charge is 0.253 e. The van der Waals surface area contributed by atoms with Crippen LogP contribution >= 0.6 is 0 Å². The number of amides is 2. The zero-order valence-electron chi connectivity index (χ0n) is 15.1. The lowest BCUT2D eigenvalue weighted by molar-refractivity contribution is -0.121. The van der Waals surface area contributed by atoms with Gasteiger partial charge in [-0.15, -0.1) is 0 Å². The fraction of sp³-hybridized carbons (Fsp3) is 0.238. The van der Waals surface area contributed by atoms with Crippen LogP contribution < -0.4 is 10.6 Å². The minimum Gasteiger partial charge on any atom is -0.389 e. The first-order chi connectivity index (χ1) is 12.8. The Morgan fingerprint density at radius 2 is 2.07 bits per heavy atom. The normalized spacial score (nSPS) is 17.7. The van der Waals surface area contributed by atoms with Gasteiger partial charge in [0.15, 0.2) is 0 Å². The zero-order valence-corrected chi connectivity index (χ0v) is 15.1. The van der Waals surface area contributed by atoms with Gasteiger partial charge in [-0.3, -0.25) is 9.59 Å². The SMILES string of the molecule is Cc1ccc(C(C)O)cc1NC(=O)C1=CNC(=O)C[C@H]1c1cccc(F)c1. The predicted octanol–water partition coefficient (Wildman–Crippen LogP) is 3.31. The maximum absolute atomic E-state index is 13.6. The highest BCUT2D eigenvalue weighted by atomic mass is 19.1.